The molecule has 2 aromatic rings. The van der Waals surface area contributed by atoms with E-state index >= 15 is 0 Å². The number of rotatable bonds is 5. The van der Waals surface area contributed by atoms with Crippen LogP contribution in [0.3, 0.4) is 0 Å². The number of ether oxygens (including phenoxy) is 1. The van der Waals surface area contributed by atoms with E-state index in [0.717, 1.165) is 28.1 Å². The molecule has 2 aromatic carbocycles. The van der Waals surface area contributed by atoms with Crippen molar-refractivity contribution < 1.29 is 4.74 Å². The molecule has 2 atom stereocenters. The summed E-state index contributed by atoms with van der Waals surface area (Å²) in [5.74, 6) is 2.28. The second-order valence-electron chi connectivity index (χ2n) is 6.95. The first kappa shape index (κ1) is 16.9. The average molecular weight is 394 g/mol. The van der Waals surface area contributed by atoms with Crippen LogP contribution in [0.25, 0.3) is 0 Å². The minimum atomic E-state index is 0.361. The van der Waals surface area contributed by atoms with E-state index in [2.05, 4.69) is 54.0 Å². The Morgan fingerprint density at radius 2 is 1.83 bits per heavy atom. The molecule has 0 unspecified atom stereocenters. The molecular formula is C20H22BrClO. The fraction of sp³-hybridized carbons (Fsp3) is 0.400. The molecule has 0 N–H and O–H groups in total. The van der Waals surface area contributed by atoms with Crippen molar-refractivity contribution in [3.05, 3.63) is 63.1 Å². The van der Waals surface area contributed by atoms with Crippen LogP contribution in [0.5, 0.6) is 5.75 Å². The SMILES string of the molecule is COc1ccc(Cl)cc1CC[C@@H]1[C@@H](c2ccc(Br)cc2)C1(C)C. The summed E-state index contributed by atoms with van der Waals surface area (Å²) >= 11 is 9.66. The van der Waals surface area contributed by atoms with Gasteiger partial charge in [-0.3, -0.25) is 0 Å². The first-order valence-electron chi connectivity index (χ1n) is 8.01. The maximum atomic E-state index is 6.14. The molecule has 1 aliphatic carbocycles. The van der Waals surface area contributed by atoms with Crippen molar-refractivity contribution in [1.29, 1.82) is 0 Å². The first-order valence-corrected chi connectivity index (χ1v) is 9.18. The summed E-state index contributed by atoms with van der Waals surface area (Å²) in [6.07, 6.45) is 2.16. The number of halogens is 2. The molecular weight excluding hydrogens is 372 g/mol. The minimum absolute atomic E-state index is 0.361. The average Bonchev–Trinajstić information content (AvgIpc) is 3.07. The summed E-state index contributed by atoms with van der Waals surface area (Å²) in [5.41, 5.74) is 3.01. The van der Waals surface area contributed by atoms with E-state index < -0.39 is 0 Å². The Bertz CT molecular complexity index is 693. The normalized spacial score (nSPS) is 22.0. The Balaban J connectivity index is 1.71. The molecule has 0 saturated heterocycles. The van der Waals surface area contributed by atoms with Gasteiger partial charge in [0.1, 0.15) is 5.75 Å². The molecule has 1 saturated carbocycles. The van der Waals surface area contributed by atoms with E-state index in [1.54, 1.807) is 7.11 Å². The zero-order chi connectivity index (χ0) is 16.6. The van der Waals surface area contributed by atoms with Crippen LogP contribution >= 0.6 is 27.5 Å². The summed E-state index contributed by atoms with van der Waals surface area (Å²) in [6.45, 7) is 4.75. The highest BCUT2D eigenvalue weighted by molar-refractivity contribution is 9.10. The predicted octanol–water partition coefficient (Wildman–Crippen LogP) is 6.48. The van der Waals surface area contributed by atoms with E-state index in [-0.39, 0.29) is 0 Å². The Morgan fingerprint density at radius 3 is 2.48 bits per heavy atom. The van der Waals surface area contributed by atoms with E-state index in [9.17, 15) is 0 Å². The fourth-order valence-electron chi connectivity index (χ4n) is 3.87. The zero-order valence-corrected chi connectivity index (χ0v) is 16.1. The van der Waals surface area contributed by atoms with E-state index in [1.165, 1.54) is 11.1 Å². The lowest BCUT2D eigenvalue weighted by Gasteiger charge is -2.09. The van der Waals surface area contributed by atoms with Crippen molar-refractivity contribution in [2.24, 2.45) is 11.3 Å². The van der Waals surface area contributed by atoms with E-state index in [0.29, 0.717) is 17.3 Å². The van der Waals surface area contributed by atoms with Crippen molar-refractivity contribution in [3.63, 3.8) is 0 Å². The van der Waals surface area contributed by atoms with Crippen LogP contribution < -0.4 is 4.74 Å². The lowest BCUT2D eigenvalue weighted by atomic mass is 10.0. The fourth-order valence-corrected chi connectivity index (χ4v) is 4.33. The van der Waals surface area contributed by atoms with Gasteiger partial charge in [0, 0.05) is 9.50 Å². The summed E-state index contributed by atoms with van der Waals surface area (Å²) in [6, 6.07) is 14.6. The maximum Gasteiger partial charge on any atom is 0.122 e. The molecule has 0 radical (unpaired) electrons. The van der Waals surface area contributed by atoms with Gasteiger partial charge in [-0.25, -0.2) is 0 Å². The van der Waals surface area contributed by atoms with Gasteiger partial charge in [0.05, 0.1) is 7.11 Å². The molecule has 1 aliphatic rings. The van der Waals surface area contributed by atoms with Crippen molar-refractivity contribution in [1.82, 2.24) is 0 Å². The van der Waals surface area contributed by atoms with Crippen LogP contribution in [0, 0.1) is 11.3 Å². The molecule has 122 valence electrons. The zero-order valence-electron chi connectivity index (χ0n) is 13.8. The van der Waals surface area contributed by atoms with Crippen molar-refractivity contribution in [2.75, 3.05) is 7.11 Å². The van der Waals surface area contributed by atoms with Gasteiger partial charge in [-0.05, 0) is 71.6 Å². The molecule has 23 heavy (non-hydrogen) atoms. The summed E-state index contributed by atoms with van der Waals surface area (Å²) < 4.78 is 6.60. The molecule has 1 fully saturated rings. The number of benzene rings is 2. The summed E-state index contributed by atoms with van der Waals surface area (Å²) in [7, 11) is 1.72. The maximum absolute atomic E-state index is 6.14. The van der Waals surface area contributed by atoms with Crippen molar-refractivity contribution >= 4 is 27.5 Å². The van der Waals surface area contributed by atoms with Gasteiger partial charge >= 0.3 is 0 Å². The topological polar surface area (TPSA) is 9.23 Å². The van der Waals surface area contributed by atoms with Crippen LogP contribution in [-0.4, -0.2) is 7.11 Å². The van der Waals surface area contributed by atoms with Crippen LogP contribution in [0.4, 0.5) is 0 Å². The number of methoxy groups -OCH3 is 1. The smallest absolute Gasteiger partial charge is 0.122 e. The molecule has 0 heterocycles. The van der Waals surface area contributed by atoms with Crippen LogP contribution in [-0.2, 0) is 6.42 Å². The third-order valence-electron chi connectivity index (χ3n) is 5.25. The molecule has 3 heteroatoms. The van der Waals surface area contributed by atoms with Gasteiger partial charge in [0.25, 0.3) is 0 Å². The number of aryl methyl sites for hydroxylation is 1. The van der Waals surface area contributed by atoms with Crippen LogP contribution in [0.2, 0.25) is 5.02 Å². The predicted molar refractivity (Wildman–Crippen MR) is 100 cm³/mol. The number of hydrogen-bond acceptors (Lipinski definition) is 1. The largest absolute Gasteiger partial charge is 0.496 e. The van der Waals surface area contributed by atoms with Crippen LogP contribution in [0.1, 0.15) is 37.3 Å². The van der Waals surface area contributed by atoms with Gasteiger partial charge < -0.3 is 4.74 Å². The highest BCUT2D eigenvalue weighted by Gasteiger charge is 2.57. The van der Waals surface area contributed by atoms with Crippen molar-refractivity contribution in [3.8, 4) is 5.75 Å². The second kappa shape index (κ2) is 6.49. The first-order chi connectivity index (χ1) is 10.9. The molecule has 0 amide bonds. The molecule has 3 rings (SSSR count). The lowest BCUT2D eigenvalue weighted by molar-refractivity contribution is 0.407. The highest BCUT2D eigenvalue weighted by Crippen LogP contribution is 2.66. The van der Waals surface area contributed by atoms with Crippen molar-refractivity contribution in [2.45, 2.75) is 32.6 Å². The summed E-state index contributed by atoms with van der Waals surface area (Å²) in [5, 5.41) is 0.778. The third kappa shape index (κ3) is 3.44. The van der Waals surface area contributed by atoms with Gasteiger partial charge in [0.15, 0.2) is 0 Å². The second-order valence-corrected chi connectivity index (χ2v) is 8.30. The molecule has 0 aliphatic heterocycles. The van der Waals surface area contributed by atoms with Gasteiger partial charge in [-0.15, -0.1) is 0 Å². The Kier molecular flexibility index (Phi) is 4.75. The lowest BCUT2D eigenvalue weighted by Crippen LogP contribution is -1.96. The summed E-state index contributed by atoms with van der Waals surface area (Å²) in [4.78, 5) is 0. The molecule has 0 spiro atoms. The number of hydrogen-bond donors (Lipinski definition) is 0. The standard InChI is InChI=1S/C20H22BrClO/c1-20(2)17(19(20)13-4-7-15(21)8-5-13)10-6-14-12-16(22)9-11-18(14)23-3/h4-5,7-9,11-12,17,19H,6,10H2,1-3H3/t17-,19-/m1/s1. The van der Waals surface area contributed by atoms with E-state index in [1.807, 2.05) is 18.2 Å². The monoisotopic (exact) mass is 392 g/mol. The minimum Gasteiger partial charge on any atom is -0.496 e. The Hall–Kier alpha value is -0.990. The highest BCUT2D eigenvalue weighted by atomic mass is 79.9. The van der Waals surface area contributed by atoms with Gasteiger partial charge in [0.2, 0.25) is 0 Å². The molecule has 1 nitrogen and oxygen atoms in total. The Labute approximate surface area is 152 Å². The molecule has 0 bridgehead atoms. The molecule has 0 aromatic heterocycles. The Morgan fingerprint density at radius 1 is 1.13 bits per heavy atom. The van der Waals surface area contributed by atoms with E-state index in [4.69, 9.17) is 16.3 Å². The van der Waals surface area contributed by atoms with Gasteiger partial charge in [-0.2, -0.15) is 0 Å². The quantitative estimate of drug-likeness (QED) is 0.564. The third-order valence-corrected chi connectivity index (χ3v) is 6.01. The van der Waals surface area contributed by atoms with Gasteiger partial charge in [-0.1, -0.05) is 53.5 Å². The van der Waals surface area contributed by atoms with Crippen LogP contribution in [0.15, 0.2) is 46.9 Å².